The third-order valence-electron chi connectivity index (χ3n) is 4.94. The summed E-state index contributed by atoms with van der Waals surface area (Å²) >= 11 is 0. The van der Waals surface area contributed by atoms with Gasteiger partial charge in [-0.15, -0.1) is 12.4 Å². The maximum atomic E-state index is 13.0. The van der Waals surface area contributed by atoms with Gasteiger partial charge in [-0.2, -0.15) is 5.10 Å². The first-order chi connectivity index (χ1) is 12.6. The van der Waals surface area contributed by atoms with E-state index in [-0.39, 0.29) is 30.3 Å². The van der Waals surface area contributed by atoms with Crippen molar-refractivity contribution in [1.29, 1.82) is 0 Å². The van der Waals surface area contributed by atoms with E-state index < -0.39 is 0 Å². The molecule has 2 N–H and O–H groups in total. The molecule has 6 nitrogen and oxygen atoms in total. The Balaban J connectivity index is 0.00000210. The van der Waals surface area contributed by atoms with E-state index in [1.165, 1.54) is 4.68 Å². The first kappa shape index (κ1) is 18.9. The van der Waals surface area contributed by atoms with E-state index >= 15 is 0 Å². The van der Waals surface area contributed by atoms with Crippen molar-refractivity contribution in [2.75, 3.05) is 17.2 Å². The zero-order valence-electron chi connectivity index (χ0n) is 15.0. The van der Waals surface area contributed by atoms with Crippen molar-refractivity contribution in [3.8, 4) is 0 Å². The predicted molar refractivity (Wildman–Crippen MR) is 109 cm³/mol. The number of hydrogen-bond acceptors (Lipinski definition) is 4. The molecule has 4 rings (SSSR count). The van der Waals surface area contributed by atoms with Crippen LogP contribution in [0.15, 0.2) is 47.3 Å². The molecule has 0 saturated carbocycles. The van der Waals surface area contributed by atoms with Crippen molar-refractivity contribution < 1.29 is 4.79 Å². The van der Waals surface area contributed by atoms with Crippen LogP contribution in [0, 0.1) is 0 Å². The minimum atomic E-state index is -0.159. The van der Waals surface area contributed by atoms with E-state index in [4.69, 9.17) is 5.73 Å². The number of nitrogens with zero attached hydrogens (tertiary/aromatic N) is 3. The fourth-order valence-electron chi connectivity index (χ4n) is 3.66. The number of fused-ring (bicyclic) bond motifs is 2. The van der Waals surface area contributed by atoms with E-state index in [1.807, 2.05) is 36.4 Å². The topological polar surface area (TPSA) is 81.2 Å². The Morgan fingerprint density at radius 1 is 1.15 bits per heavy atom. The highest BCUT2D eigenvalue weighted by molar-refractivity contribution is 5.98. The molecule has 7 heteroatoms. The van der Waals surface area contributed by atoms with Crippen LogP contribution in [0.4, 0.5) is 11.4 Å². The molecule has 0 radical (unpaired) electrons. The molecule has 140 valence electrons. The van der Waals surface area contributed by atoms with Gasteiger partial charge in [0.1, 0.15) is 0 Å². The summed E-state index contributed by atoms with van der Waals surface area (Å²) in [6.45, 7) is 0.666. The second kappa shape index (κ2) is 7.40. The van der Waals surface area contributed by atoms with Gasteiger partial charge in [0.05, 0.1) is 17.5 Å². The number of carbonyl (C=O) groups is 1. The number of nitrogens with two attached hydrogens (primary N) is 1. The summed E-state index contributed by atoms with van der Waals surface area (Å²) in [5, 5.41) is 5.65. The van der Waals surface area contributed by atoms with Crippen LogP contribution < -0.4 is 16.2 Å². The second-order valence-corrected chi connectivity index (χ2v) is 6.59. The lowest BCUT2D eigenvalue weighted by atomic mass is 9.99. The van der Waals surface area contributed by atoms with Crippen molar-refractivity contribution in [1.82, 2.24) is 9.78 Å². The molecular formula is C20H21ClN4O2. The fraction of sp³-hybridized carbons (Fsp3) is 0.250. The number of amides is 1. The predicted octanol–water partition coefficient (Wildman–Crippen LogP) is 2.46. The first-order valence-electron chi connectivity index (χ1n) is 8.69. The van der Waals surface area contributed by atoms with Gasteiger partial charge < -0.3 is 10.6 Å². The van der Waals surface area contributed by atoms with Gasteiger partial charge in [0.15, 0.2) is 0 Å². The maximum absolute atomic E-state index is 13.0. The van der Waals surface area contributed by atoms with Crippen LogP contribution in [0.1, 0.15) is 17.7 Å². The van der Waals surface area contributed by atoms with Crippen LogP contribution in [0.2, 0.25) is 0 Å². The number of aryl methyl sites for hydroxylation is 1. The van der Waals surface area contributed by atoms with E-state index in [1.54, 1.807) is 18.0 Å². The summed E-state index contributed by atoms with van der Waals surface area (Å²) in [5.74, 6) is -0.0344. The highest BCUT2D eigenvalue weighted by Crippen LogP contribution is 2.31. The van der Waals surface area contributed by atoms with E-state index in [0.29, 0.717) is 17.6 Å². The van der Waals surface area contributed by atoms with Crippen LogP contribution in [-0.2, 0) is 24.7 Å². The Morgan fingerprint density at radius 3 is 2.67 bits per heavy atom. The number of halogens is 1. The third kappa shape index (κ3) is 3.28. The smallest absolute Gasteiger partial charge is 0.274 e. The molecule has 0 saturated heterocycles. The Kier molecular flexibility index (Phi) is 5.19. The number of aromatic nitrogens is 2. The molecule has 1 aliphatic rings. The fourth-order valence-corrected chi connectivity index (χ4v) is 3.66. The molecule has 1 amide bonds. The minimum Gasteiger partial charge on any atom is -0.398 e. The molecule has 0 fully saturated rings. The first-order valence-corrected chi connectivity index (χ1v) is 8.69. The standard InChI is InChI=1S/C20H20N4O2.ClH/c1-23-20(26)14-7-3-2-6-13(14)17(22-23)12-19(25)24-11-5-8-15-16(21)9-4-10-18(15)24;/h2-4,6-7,9-10H,5,8,11-12,21H2,1H3;1H. The van der Waals surface area contributed by atoms with Gasteiger partial charge in [-0.3, -0.25) is 9.59 Å². The van der Waals surface area contributed by atoms with Crippen molar-refractivity contribution >= 4 is 40.5 Å². The largest absolute Gasteiger partial charge is 0.398 e. The normalized spacial score (nSPS) is 13.1. The highest BCUT2D eigenvalue weighted by Gasteiger charge is 2.25. The monoisotopic (exact) mass is 384 g/mol. The lowest BCUT2D eigenvalue weighted by molar-refractivity contribution is -0.118. The summed E-state index contributed by atoms with van der Waals surface area (Å²) < 4.78 is 1.30. The zero-order valence-corrected chi connectivity index (χ0v) is 15.8. The number of nitrogen functional groups attached to an aromatic ring is 1. The molecular weight excluding hydrogens is 364 g/mol. The number of carbonyl (C=O) groups excluding carboxylic acids is 1. The van der Waals surface area contributed by atoms with Gasteiger partial charge >= 0.3 is 0 Å². The second-order valence-electron chi connectivity index (χ2n) is 6.59. The average molecular weight is 385 g/mol. The van der Waals surface area contributed by atoms with Gasteiger partial charge in [0.2, 0.25) is 5.91 Å². The summed E-state index contributed by atoms with van der Waals surface area (Å²) in [4.78, 5) is 27.1. The van der Waals surface area contributed by atoms with Crippen LogP contribution >= 0.6 is 12.4 Å². The summed E-state index contributed by atoms with van der Waals surface area (Å²) in [5.41, 5.74) is 9.18. The lowest BCUT2D eigenvalue weighted by Crippen LogP contribution is -2.37. The Bertz CT molecular complexity index is 1080. The minimum absolute atomic E-state index is 0. The number of hydrogen-bond donors (Lipinski definition) is 1. The van der Waals surface area contributed by atoms with Crippen LogP contribution in [0.3, 0.4) is 0 Å². The maximum Gasteiger partial charge on any atom is 0.274 e. The molecule has 0 atom stereocenters. The molecule has 1 aromatic heterocycles. The molecule has 3 aromatic rings. The van der Waals surface area contributed by atoms with Gasteiger partial charge in [-0.1, -0.05) is 24.3 Å². The third-order valence-corrected chi connectivity index (χ3v) is 4.94. The van der Waals surface area contributed by atoms with Crippen molar-refractivity contribution in [3.63, 3.8) is 0 Å². The van der Waals surface area contributed by atoms with Crippen molar-refractivity contribution in [2.24, 2.45) is 7.05 Å². The SMILES string of the molecule is Cl.Cn1nc(CC(=O)N2CCCc3c(N)cccc32)c2ccccc2c1=O. The van der Waals surface area contributed by atoms with Crippen LogP contribution in [0.5, 0.6) is 0 Å². The Labute approximate surface area is 163 Å². The van der Waals surface area contributed by atoms with Crippen molar-refractivity contribution in [3.05, 3.63) is 64.1 Å². The summed E-state index contributed by atoms with van der Waals surface area (Å²) in [7, 11) is 1.61. The van der Waals surface area contributed by atoms with Gasteiger partial charge in [0.25, 0.3) is 5.56 Å². The van der Waals surface area contributed by atoms with E-state index in [2.05, 4.69) is 5.10 Å². The number of rotatable bonds is 2. The average Bonchev–Trinajstić information content (AvgIpc) is 2.66. The molecule has 27 heavy (non-hydrogen) atoms. The highest BCUT2D eigenvalue weighted by atomic mass is 35.5. The molecule has 0 unspecified atom stereocenters. The Hall–Kier alpha value is -2.86. The summed E-state index contributed by atoms with van der Waals surface area (Å²) in [6, 6.07) is 13.0. The Morgan fingerprint density at radius 2 is 1.89 bits per heavy atom. The molecule has 0 bridgehead atoms. The van der Waals surface area contributed by atoms with Gasteiger partial charge in [-0.05, 0) is 36.6 Å². The zero-order chi connectivity index (χ0) is 18.3. The van der Waals surface area contributed by atoms with Crippen molar-refractivity contribution in [2.45, 2.75) is 19.3 Å². The molecule has 1 aliphatic heterocycles. The molecule has 0 spiro atoms. The summed E-state index contributed by atoms with van der Waals surface area (Å²) in [6.07, 6.45) is 1.91. The molecule has 0 aliphatic carbocycles. The lowest BCUT2D eigenvalue weighted by Gasteiger charge is -2.30. The molecule has 2 aromatic carbocycles. The quantitative estimate of drug-likeness (QED) is 0.688. The van der Waals surface area contributed by atoms with Gasteiger partial charge in [0, 0.05) is 30.4 Å². The van der Waals surface area contributed by atoms with E-state index in [9.17, 15) is 9.59 Å². The molecule has 2 heterocycles. The van der Waals surface area contributed by atoms with Crippen LogP contribution in [-0.4, -0.2) is 22.2 Å². The van der Waals surface area contributed by atoms with Gasteiger partial charge in [-0.25, -0.2) is 4.68 Å². The number of anilines is 2. The number of benzene rings is 2. The van der Waals surface area contributed by atoms with Crippen LogP contribution in [0.25, 0.3) is 10.8 Å². The van der Waals surface area contributed by atoms with E-state index in [0.717, 1.165) is 35.2 Å².